The van der Waals surface area contributed by atoms with Gasteiger partial charge in [-0.1, -0.05) is 44.2 Å². The molecule has 0 bridgehead atoms. The van der Waals surface area contributed by atoms with E-state index in [9.17, 15) is 4.39 Å². The normalized spacial score (nSPS) is 11.7. The topological polar surface area (TPSA) is 17.3 Å². The molecule has 0 spiro atoms. The fourth-order valence-electron chi connectivity index (χ4n) is 3.36. The molecule has 0 saturated carbocycles. The lowest BCUT2D eigenvalue weighted by molar-refractivity contribution is 0.624. The number of fused-ring (bicyclic) bond motifs is 1. The molecule has 0 fully saturated rings. The third-order valence-electron chi connectivity index (χ3n) is 4.96. The summed E-state index contributed by atoms with van der Waals surface area (Å²) in [7, 11) is 0. The first-order valence-electron chi connectivity index (χ1n) is 9.56. The van der Waals surface area contributed by atoms with Gasteiger partial charge in [0, 0.05) is 29.9 Å². The van der Waals surface area contributed by atoms with Gasteiger partial charge in [0.1, 0.15) is 5.82 Å². The molecule has 0 saturated heterocycles. The average Bonchev–Trinajstić information content (AvgIpc) is 3.09. The van der Waals surface area contributed by atoms with Crippen molar-refractivity contribution in [2.45, 2.75) is 26.3 Å². The number of benzene rings is 3. The Morgan fingerprint density at radius 1 is 0.964 bits per heavy atom. The fraction of sp³-hybridized carbons (Fsp3) is 0.160. The second-order valence-electron chi connectivity index (χ2n) is 7.40. The number of aliphatic imine (C=N–C) groups is 1. The Bertz CT molecular complexity index is 1120. The zero-order valence-electron chi connectivity index (χ0n) is 16.1. The van der Waals surface area contributed by atoms with Gasteiger partial charge in [0.25, 0.3) is 0 Å². The summed E-state index contributed by atoms with van der Waals surface area (Å²) >= 11 is 0. The molecule has 4 rings (SSSR count). The van der Waals surface area contributed by atoms with Crippen molar-refractivity contribution in [1.29, 1.82) is 0 Å². The second-order valence-corrected chi connectivity index (χ2v) is 7.40. The van der Waals surface area contributed by atoms with Crippen LogP contribution in [0.5, 0.6) is 0 Å². The molecule has 0 aliphatic heterocycles. The summed E-state index contributed by atoms with van der Waals surface area (Å²) in [6, 6.07) is 23.5. The first kappa shape index (κ1) is 18.2. The van der Waals surface area contributed by atoms with E-state index in [1.54, 1.807) is 12.1 Å². The van der Waals surface area contributed by atoms with Crippen LogP contribution in [0.2, 0.25) is 0 Å². The summed E-state index contributed by atoms with van der Waals surface area (Å²) in [6.45, 7) is 5.03. The fourth-order valence-corrected chi connectivity index (χ4v) is 3.36. The third-order valence-corrected chi connectivity index (χ3v) is 4.96. The molecule has 4 aromatic rings. The highest BCUT2D eigenvalue weighted by Crippen LogP contribution is 2.21. The molecule has 0 aliphatic carbocycles. The van der Waals surface area contributed by atoms with Gasteiger partial charge in [-0.25, -0.2) is 4.39 Å². The van der Waals surface area contributed by atoms with Gasteiger partial charge in [-0.3, -0.25) is 4.99 Å². The van der Waals surface area contributed by atoms with Gasteiger partial charge in [-0.05, 0) is 65.1 Å². The maximum atomic E-state index is 13.4. The predicted molar refractivity (Wildman–Crippen MR) is 115 cm³/mol. The number of hydrogen-bond donors (Lipinski definition) is 0. The van der Waals surface area contributed by atoms with Gasteiger partial charge < -0.3 is 4.57 Å². The predicted octanol–water partition coefficient (Wildman–Crippen LogP) is 6.70. The van der Waals surface area contributed by atoms with E-state index in [1.165, 1.54) is 11.6 Å². The Hall–Kier alpha value is -3.20. The van der Waals surface area contributed by atoms with Crippen LogP contribution in [-0.2, 0) is 6.54 Å². The Kier molecular flexibility index (Phi) is 5.07. The van der Waals surface area contributed by atoms with Crippen LogP contribution in [0.15, 0.2) is 84.0 Å². The number of aromatic nitrogens is 1. The van der Waals surface area contributed by atoms with Gasteiger partial charge in [-0.15, -0.1) is 0 Å². The minimum absolute atomic E-state index is 0.200. The number of nitrogens with zero attached hydrogens (tertiary/aromatic N) is 2. The van der Waals surface area contributed by atoms with E-state index in [4.69, 9.17) is 0 Å². The minimum atomic E-state index is -0.200. The van der Waals surface area contributed by atoms with E-state index >= 15 is 0 Å². The van der Waals surface area contributed by atoms with E-state index in [-0.39, 0.29) is 5.82 Å². The van der Waals surface area contributed by atoms with Gasteiger partial charge in [0.05, 0.1) is 5.69 Å². The standard InChI is InChI=1S/C25H23FN2/c1-18(2)21-7-9-24(10-8-21)27-16-19-6-11-25-22(14-19)12-13-28(25)17-20-4-3-5-23(26)15-20/h3-16,18H,17H2,1-2H3. The minimum Gasteiger partial charge on any atom is -0.343 e. The Morgan fingerprint density at radius 3 is 2.54 bits per heavy atom. The lowest BCUT2D eigenvalue weighted by Crippen LogP contribution is -1.98. The van der Waals surface area contributed by atoms with Crippen LogP contribution in [0.4, 0.5) is 10.1 Å². The van der Waals surface area contributed by atoms with Gasteiger partial charge >= 0.3 is 0 Å². The van der Waals surface area contributed by atoms with Crippen molar-refractivity contribution < 1.29 is 4.39 Å². The molecule has 0 aliphatic rings. The van der Waals surface area contributed by atoms with Crippen molar-refractivity contribution >= 4 is 22.8 Å². The molecular formula is C25H23FN2. The van der Waals surface area contributed by atoms with E-state index in [0.717, 1.165) is 27.7 Å². The maximum Gasteiger partial charge on any atom is 0.123 e. The smallest absolute Gasteiger partial charge is 0.123 e. The van der Waals surface area contributed by atoms with Crippen LogP contribution >= 0.6 is 0 Å². The van der Waals surface area contributed by atoms with E-state index in [0.29, 0.717) is 12.5 Å². The van der Waals surface area contributed by atoms with Crippen LogP contribution in [0.1, 0.15) is 36.5 Å². The van der Waals surface area contributed by atoms with Crippen molar-refractivity contribution in [2.75, 3.05) is 0 Å². The van der Waals surface area contributed by atoms with Crippen molar-refractivity contribution in [1.82, 2.24) is 4.57 Å². The molecule has 0 atom stereocenters. The summed E-state index contributed by atoms with van der Waals surface area (Å²) < 4.78 is 15.6. The number of hydrogen-bond acceptors (Lipinski definition) is 1. The van der Waals surface area contributed by atoms with Crippen LogP contribution in [0, 0.1) is 5.82 Å². The van der Waals surface area contributed by atoms with Crippen molar-refractivity contribution in [3.63, 3.8) is 0 Å². The molecule has 2 nitrogen and oxygen atoms in total. The molecule has 140 valence electrons. The lowest BCUT2D eigenvalue weighted by atomic mass is 10.0. The summed E-state index contributed by atoms with van der Waals surface area (Å²) in [5, 5.41) is 1.15. The maximum absolute atomic E-state index is 13.4. The van der Waals surface area contributed by atoms with Crippen LogP contribution in [0.25, 0.3) is 10.9 Å². The Labute approximate surface area is 165 Å². The Morgan fingerprint density at radius 2 is 1.79 bits per heavy atom. The highest BCUT2D eigenvalue weighted by molar-refractivity contribution is 5.90. The van der Waals surface area contributed by atoms with Crippen LogP contribution in [0.3, 0.4) is 0 Å². The van der Waals surface area contributed by atoms with Crippen LogP contribution in [-0.4, -0.2) is 10.8 Å². The zero-order valence-corrected chi connectivity index (χ0v) is 16.1. The van der Waals surface area contributed by atoms with Crippen molar-refractivity contribution in [3.05, 3.63) is 102 Å². The first-order chi connectivity index (χ1) is 13.6. The summed E-state index contributed by atoms with van der Waals surface area (Å²) in [6.07, 6.45) is 3.94. The monoisotopic (exact) mass is 370 g/mol. The number of halogens is 1. The zero-order chi connectivity index (χ0) is 19.5. The van der Waals surface area contributed by atoms with E-state index in [2.05, 4.69) is 71.9 Å². The molecule has 1 aromatic heterocycles. The molecule has 0 radical (unpaired) electrons. The summed E-state index contributed by atoms with van der Waals surface area (Å²) in [5.41, 5.74) is 5.41. The molecule has 1 heterocycles. The van der Waals surface area contributed by atoms with Gasteiger partial charge in [0.15, 0.2) is 0 Å². The number of rotatable bonds is 5. The SMILES string of the molecule is CC(C)c1ccc(N=Cc2ccc3c(ccn3Cc3cccc(F)c3)c2)cc1. The van der Waals surface area contributed by atoms with Crippen molar-refractivity contribution in [3.8, 4) is 0 Å². The largest absolute Gasteiger partial charge is 0.343 e. The molecule has 0 amide bonds. The third kappa shape index (κ3) is 4.04. The van der Waals surface area contributed by atoms with E-state index in [1.807, 2.05) is 18.5 Å². The quantitative estimate of drug-likeness (QED) is 0.348. The van der Waals surface area contributed by atoms with Gasteiger partial charge in [0.2, 0.25) is 0 Å². The molecule has 0 unspecified atom stereocenters. The first-order valence-corrected chi connectivity index (χ1v) is 9.56. The van der Waals surface area contributed by atoms with Crippen molar-refractivity contribution in [2.24, 2.45) is 4.99 Å². The summed E-state index contributed by atoms with van der Waals surface area (Å²) in [4.78, 5) is 4.59. The van der Waals surface area contributed by atoms with Gasteiger partial charge in [-0.2, -0.15) is 0 Å². The molecule has 3 heteroatoms. The second kappa shape index (κ2) is 7.81. The van der Waals surface area contributed by atoms with E-state index < -0.39 is 0 Å². The molecule has 0 N–H and O–H groups in total. The van der Waals surface area contributed by atoms with Crippen LogP contribution < -0.4 is 0 Å². The molecule has 3 aromatic carbocycles. The highest BCUT2D eigenvalue weighted by atomic mass is 19.1. The molecule has 28 heavy (non-hydrogen) atoms. The molecular weight excluding hydrogens is 347 g/mol. The summed E-state index contributed by atoms with van der Waals surface area (Å²) in [5.74, 6) is 0.325. The average molecular weight is 370 g/mol. The lowest BCUT2D eigenvalue weighted by Gasteiger charge is -2.06. The highest BCUT2D eigenvalue weighted by Gasteiger charge is 2.04. The Balaban J connectivity index is 1.53.